The number of piperidine rings is 1. The second kappa shape index (κ2) is 5.65. The van der Waals surface area contributed by atoms with Gasteiger partial charge in [-0.05, 0) is 45.8 Å². The molecule has 1 unspecified atom stereocenters. The third-order valence-corrected chi connectivity index (χ3v) is 3.75. The van der Waals surface area contributed by atoms with Crippen LogP contribution in [-0.4, -0.2) is 41.4 Å². The van der Waals surface area contributed by atoms with Crippen molar-refractivity contribution < 1.29 is 0 Å². The predicted molar refractivity (Wildman–Crippen MR) is 69.9 cm³/mol. The molecule has 96 valence electrons. The topological polar surface area (TPSA) is 33.1 Å². The van der Waals surface area contributed by atoms with Crippen LogP contribution in [0.5, 0.6) is 0 Å². The van der Waals surface area contributed by atoms with Crippen LogP contribution in [-0.2, 0) is 13.6 Å². The van der Waals surface area contributed by atoms with Gasteiger partial charge in [-0.15, -0.1) is 0 Å². The summed E-state index contributed by atoms with van der Waals surface area (Å²) in [5.74, 6) is 0.811. The van der Waals surface area contributed by atoms with Gasteiger partial charge in [-0.2, -0.15) is 5.10 Å². The van der Waals surface area contributed by atoms with Crippen molar-refractivity contribution in [3.05, 3.63) is 17.5 Å². The van der Waals surface area contributed by atoms with Crippen LogP contribution in [0.2, 0.25) is 0 Å². The first-order valence-corrected chi connectivity index (χ1v) is 6.53. The average Bonchev–Trinajstić information content (AvgIpc) is 2.62. The van der Waals surface area contributed by atoms with Crippen LogP contribution in [0.15, 0.2) is 6.20 Å². The van der Waals surface area contributed by atoms with Gasteiger partial charge in [0.25, 0.3) is 0 Å². The molecule has 0 saturated carbocycles. The predicted octanol–water partition coefficient (Wildman–Crippen LogP) is 1.16. The fourth-order valence-electron chi connectivity index (χ4n) is 2.58. The first-order valence-electron chi connectivity index (χ1n) is 6.53. The molecule has 17 heavy (non-hydrogen) atoms. The van der Waals surface area contributed by atoms with Gasteiger partial charge in [0.05, 0.1) is 6.20 Å². The zero-order chi connectivity index (χ0) is 12.3. The van der Waals surface area contributed by atoms with Gasteiger partial charge < -0.3 is 10.2 Å². The van der Waals surface area contributed by atoms with E-state index in [-0.39, 0.29) is 0 Å². The van der Waals surface area contributed by atoms with Gasteiger partial charge in [-0.25, -0.2) is 0 Å². The highest BCUT2D eigenvalue weighted by molar-refractivity contribution is 5.15. The first kappa shape index (κ1) is 12.6. The third kappa shape index (κ3) is 3.30. The summed E-state index contributed by atoms with van der Waals surface area (Å²) < 4.78 is 1.95. The fourth-order valence-corrected chi connectivity index (χ4v) is 2.58. The fraction of sp³-hybridized carbons (Fsp3) is 0.769. The molecule has 1 N–H and O–H groups in total. The monoisotopic (exact) mass is 236 g/mol. The van der Waals surface area contributed by atoms with E-state index in [1.54, 1.807) is 0 Å². The minimum Gasteiger partial charge on any atom is -0.316 e. The molecule has 0 bridgehead atoms. The summed E-state index contributed by atoms with van der Waals surface area (Å²) in [4.78, 5) is 2.42. The molecule has 1 aromatic rings. The highest BCUT2D eigenvalue weighted by atomic mass is 15.3. The normalized spacial score (nSPS) is 21.1. The van der Waals surface area contributed by atoms with Crippen LogP contribution in [0.25, 0.3) is 0 Å². The lowest BCUT2D eigenvalue weighted by Gasteiger charge is -2.27. The minimum atomic E-state index is 0.811. The maximum Gasteiger partial charge on any atom is 0.0537 e. The molecule has 1 fully saturated rings. The Morgan fingerprint density at radius 3 is 3.00 bits per heavy atom. The largest absolute Gasteiger partial charge is 0.316 e. The lowest BCUT2D eigenvalue weighted by molar-refractivity contribution is 0.237. The molecular formula is C13H24N4. The molecule has 2 rings (SSSR count). The van der Waals surface area contributed by atoms with Crippen molar-refractivity contribution in [3.8, 4) is 0 Å². The van der Waals surface area contributed by atoms with E-state index in [0.717, 1.165) is 12.5 Å². The number of aryl methyl sites for hydroxylation is 1. The molecule has 2 heterocycles. The number of hydrogen-bond donors (Lipinski definition) is 1. The molecule has 0 spiro atoms. The highest BCUT2D eigenvalue weighted by Gasteiger charge is 2.15. The van der Waals surface area contributed by atoms with Crippen molar-refractivity contribution >= 4 is 0 Å². The Morgan fingerprint density at radius 2 is 2.41 bits per heavy atom. The van der Waals surface area contributed by atoms with Crippen molar-refractivity contribution in [2.24, 2.45) is 13.0 Å². The molecule has 1 aliphatic rings. The van der Waals surface area contributed by atoms with E-state index in [2.05, 4.69) is 29.3 Å². The highest BCUT2D eigenvalue weighted by Crippen LogP contribution is 2.14. The van der Waals surface area contributed by atoms with Gasteiger partial charge in [0.15, 0.2) is 0 Å². The summed E-state index contributed by atoms with van der Waals surface area (Å²) in [6.07, 6.45) is 4.68. The SMILES string of the molecule is Cc1c(CN(C)CC2CCCNC2)cnn1C. The maximum absolute atomic E-state index is 4.29. The average molecular weight is 236 g/mol. The second-order valence-corrected chi connectivity index (χ2v) is 5.29. The molecule has 4 nitrogen and oxygen atoms in total. The van der Waals surface area contributed by atoms with E-state index < -0.39 is 0 Å². The molecule has 0 aromatic carbocycles. The number of hydrogen-bond acceptors (Lipinski definition) is 3. The quantitative estimate of drug-likeness (QED) is 0.851. The van der Waals surface area contributed by atoms with Gasteiger partial charge >= 0.3 is 0 Å². The maximum atomic E-state index is 4.29. The number of aromatic nitrogens is 2. The third-order valence-electron chi connectivity index (χ3n) is 3.75. The Balaban J connectivity index is 1.84. The van der Waals surface area contributed by atoms with Crippen LogP contribution in [0.4, 0.5) is 0 Å². The Labute approximate surface area is 104 Å². The molecule has 1 saturated heterocycles. The van der Waals surface area contributed by atoms with Crippen LogP contribution in [0.1, 0.15) is 24.1 Å². The summed E-state index contributed by atoms with van der Waals surface area (Å²) in [6.45, 7) is 6.70. The minimum absolute atomic E-state index is 0.811. The van der Waals surface area contributed by atoms with Crippen LogP contribution in [0.3, 0.4) is 0 Å². The van der Waals surface area contributed by atoms with Crippen molar-refractivity contribution in [1.29, 1.82) is 0 Å². The van der Waals surface area contributed by atoms with Crippen LogP contribution < -0.4 is 5.32 Å². The molecule has 1 atom stereocenters. The summed E-state index contributed by atoms with van der Waals surface area (Å²) in [5.41, 5.74) is 2.62. The second-order valence-electron chi connectivity index (χ2n) is 5.29. The Hall–Kier alpha value is -0.870. The zero-order valence-corrected chi connectivity index (χ0v) is 11.2. The van der Waals surface area contributed by atoms with Gasteiger partial charge in [0.2, 0.25) is 0 Å². The van der Waals surface area contributed by atoms with E-state index >= 15 is 0 Å². The number of nitrogens with one attached hydrogen (secondary N) is 1. The van der Waals surface area contributed by atoms with E-state index in [9.17, 15) is 0 Å². The van der Waals surface area contributed by atoms with E-state index in [1.807, 2.05) is 17.9 Å². The Bertz CT molecular complexity index is 352. The molecule has 0 radical (unpaired) electrons. The summed E-state index contributed by atoms with van der Waals surface area (Å²) >= 11 is 0. The number of rotatable bonds is 4. The van der Waals surface area contributed by atoms with Crippen molar-refractivity contribution in [3.63, 3.8) is 0 Å². The summed E-state index contributed by atoms with van der Waals surface area (Å²) in [5, 5.41) is 7.77. The Kier molecular flexibility index (Phi) is 4.18. The van der Waals surface area contributed by atoms with Gasteiger partial charge in [0.1, 0.15) is 0 Å². The molecule has 0 aliphatic carbocycles. The van der Waals surface area contributed by atoms with Crippen LogP contribution in [0, 0.1) is 12.8 Å². The van der Waals surface area contributed by atoms with E-state index in [4.69, 9.17) is 0 Å². The zero-order valence-electron chi connectivity index (χ0n) is 11.2. The molecule has 1 aromatic heterocycles. The molecular weight excluding hydrogens is 212 g/mol. The molecule has 1 aliphatic heterocycles. The summed E-state index contributed by atoms with van der Waals surface area (Å²) in [7, 11) is 4.21. The van der Waals surface area contributed by atoms with E-state index in [0.29, 0.717) is 0 Å². The smallest absolute Gasteiger partial charge is 0.0537 e. The number of nitrogens with zero attached hydrogens (tertiary/aromatic N) is 3. The van der Waals surface area contributed by atoms with Crippen LogP contribution >= 0.6 is 0 Å². The Morgan fingerprint density at radius 1 is 1.59 bits per heavy atom. The summed E-state index contributed by atoms with van der Waals surface area (Å²) in [6, 6.07) is 0. The standard InChI is InChI=1S/C13H24N4/c1-11-13(8-15-17(11)3)10-16(2)9-12-5-4-6-14-7-12/h8,12,14H,4-7,9-10H2,1-3H3. The van der Waals surface area contributed by atoms with E-state index in [1.165, 1.54) is 43.7 Å². The van der Waals surface area contributed by atoms with Crippen molar-refractivity contribution in [2.45, 2.75) is 26.3 Å². The van der Waals surface area contributed by atoms with Gasteiger partial charge in [-0.1, -0.05) is 0 Å². The lowest BCUT2D eigenvalue weighted by atomic mass is 9.99. The van der Waals surface area contributed by atoms with Gasteiger partial charge in [0, 0.05) is 31.4 Å². The molecule has 0 amide bonds. The van der Waals surface area contributed by atoms with Crippen molar-refractivity contribution in [2.75, 3.05) is 26.7 Å². The van der Waals surface area contributed by atoms with Crippen molar-refractivity contribution in [1.82, 2.24) is 20.0 Å². The first-order chi connectivity index (χ1) is 8.16. The lowest BCUT2D eigenvalue weighted by Crippen LogP contribution is -2.36. The van der Waals surface area contributed by atoms with Gasteiger partial charge in [-0.3, -0.25) is 4.68 Å². The molecule has 4 heteroatoms.